The summed E-state index contributed by atoms with van der Waals surface area (Å²) in [5.74, 6) is 1.61. The molecule has 0 aliphatic rings. The van der Waals surface area contributed by atoms with Gasteiger partial charge >= 0.3 is 0 Å². The van der Waals surface area contributed by atoms with Gasteiger partial charge in [-0.3, -0.25) is 0 Å². The summed E-state index contributed by atoms with van der Waals surface area (Å²) in [4.78, 5) is 17.3. The van der Waals surface area contributed by atoms with Crippen molar-refractivity contribution in [1.82, 2.24) is 15.0 Å². The normalized spacial score (nSPS) is 11.2. The number of nitrogens with zero attached hydrogens (tertiary/aromatic N) is 4. The fraction of sp³-hybridized carbons (Fsp3) is 0.250. The van der Waals surface area contributed by atoms with Crippen LogP contribution in [0.1, 0.15) is 16.5 Å². The van der Waals surface area contributed by atoms with Crippen molar-refractivity contribution in [3.63, 3.8) is 0 Å². The third-order valence-corrected chi connectivity index (χ3v) is 5.94. The summed E-state index contributed by atoms with van der Waals surface area (Å²) in [6.07, 6.45) is 0. The van der Waals surface area contributed by atoms with E-state index < -0.39 is 0 Å². The highest BCUT2D eigenvalue weighted by Gasteiger charge is 2.18. The molecule has 0 bridgehead atoms. The van der Waals surface area contributed by atoms with Gasteiger partial charge in [0.05, 0.1) is 22.6 Å². The van der Waals surface area contributed by atoms with Gasteiger partial charge in [0.1, 0.15) is 17.3 Å². The summed E-state index contributed by atoms with van der Waals surface area (Å²) in [5.41, 5.74) is 3.39. The maximum Gasteiger partial charge on any atom is 0.158 e. The highest BCUT2D eigenvalue weighted by Crippen LogP contribution is 2.38. The van der Waals surface area contributed by atoms with Gasteiger partial charge in [-0.2, -0.15) is 0 Å². The van der Waals surface area contributed by atoms with Crippen LogP contribution in [0.3, 0.4) is 0 Å². The Hall–Kier alpha value is -2.35. The summed E-state index contributed by atoms with van der Waals surface area (Å²) < 4.78 is 5.28. The largest absolute Gasteiger partial charge is 0.377 e. The molecule has 0 amide bonds. The maximum atomic E-state index is 5.28. The molecule has 0 atom stereocenters. The van der Waals surface area contributed by atoms with E-state index in [0.717, 1.165) is 32.3 Å². The smallest absolute Gasteiger partial charge is 0.158 e. The SMILES string of the molecule is COCc1nc(N(C)Cc2csc(C)n2)c2c(-c3ccccc3)csc2n1. The monoisotopic (exact) mass is 396 g/mol. The minimum absolute atomic E-state index is 0.394. The molecule has 4 rings (SSSR count). The zero-order valence-electron chi connectivity index (χ0n) is 15.5. The number of methoxy groups -OCH3 is 1. The number of hydrogen-bond acceptors (Lipinski definition) is 7. The van der Waals surface area contributed by atoms with Gasteiger partial charge < -0.3 is 9.64 Å². The Morgan fingerprint density at radius 1 is 1.04 bits per heavy atom. The Labute approximate surface area is 166 Å². The van der Waals surface area contributed by atoms with Crippen molar-refractivity contribution in [2.75, 3.05) is 19.1 Å². The number of ether oxygens (including phenoxy) is 1. The van der Waals surface area contributed by atoms with Crippen LogP contribution in [-0.2, 0) is 17.9 Å². The van der Waals surface area contributed by atoms with Crippen molar-refractivity contribution in [2.45, 2.75) is 20.1 Å². The van der Waals surface area contributed by atoms with E-state index in [2.05, 4.69) is 52.0 Å². The van der Waals surface area contributed by atoms with E-state index >= 15 is 0 Å². The van der Waals surface area contributed by atoms with Crippen LogP contribution in [0.15, 0.2) is 41.1 Å². The first-order valence-electron chi connectivity index (χ1n) is 8.60. The summed E-state index contributed by atoms with van der Waals surface area (Å²) in [7, 11) is 3.72. The van der Waals surface area contributed by atoms with Gasteiger partial charge in [-0.15, -0.1) is 22.7 Å². The Balaban J connectivity index is 1.83. The molecular formula is C20H20N4OS2. The van der Waals surface area contributed by atoms with Crippen LogP contribution in [0, 0.1) is 6.92 Å². The van der Waals surface area contributed by atoms with Crippen LogP contribution < -0.4 is 4.90 Å². The number of aryl methyl sites for hydroxylation is 1. The molecular weight excluding hydrogens is 376 g/mol. The van der Waals surface area contributed by atoms with Gasteiger partial charge in [-0.1, -0.05) is 30.3 Å². The fourth-order valence-corrected chi connectivity index (χ4v) is 4.63. The van der Waals surface area contributed by atoms with E-state index in [0.29, 0.717) is 19.0 Å². The Morgan fingerprint density at radius 2 is 1.85 bits per heavy atom. The van der Waals surface area contributed by atoms with E-state index in [1.165, 1.54) is 5.56 Å². The summed E-state index contributed by atoms with van der Waals surface area (Å²) >= 11 is 3.31. The molecule has 138 valence electrons. The van der Waals surface area contributed by atoms with Gasteiger partial charge in [-0.05, 0) is 12.5 Å². The first-order chi connectivity index (χ1) is 13.2. The van der Waals surface area contributed by atoms with Crippen LogP contribution in [0.2, 0.25) is 0 Å². The molecule has 0 aliphatic carbocycles. The van der Waals surface area contributed by atoms with Crippen LogP contribution >= 0.6 is 22.7 Å². The molecule has 0 aliphatic heterocycles. The lowest BCUT2D eigenvalue weighted by atomic mass is 10.1. The number of anilines is 1. The number of fused-ring (bicyclic) bond motifs is 1. The van der Waals surface area contributed by atoms with Gasteiger partial charge in [0.2, 0.25) is 0 Å². The lowest BCUT2D eigenvalue weighted by Gasteiger charge is -2.19. The van der Waals surface area contributed by atoms with Gasteiger partial charge in [0, 0.05) is 30.5 Å². The van der Waals surface area contributed by atoms with E-state index in [1.807, 2.05) is 13.0 Å². The molecule has 3 aromatic heterocycles. The molecule has 0 radical (unpaired) electrons. The molecule has 0 saturated heterocycles. The lowest BCUT2D eigenvalue weighted by molar-refractivity contribution is 0.178. The summed E-state index contributed by atoms with van der Waals surface area (Å²) in [6, 6.07) is 10.4. The Kier molecular flexibility index (Phi) is 5.15. The van der Waals surface area contributed by atoms with Crippen LogP contribution in [0.4, 0.5) is 5.82 Å². The highest BCUT2D eigenvalue weighted by atomic mass is 32.1. The second-order valence-electron chi connectivity index (χ2n) is 6.31. The van der Waals surface area contributed by atoms with E-state index in [9.17, 15) is 0 Å². The van der Waals surface area contributed by atoms with Crippen molar-refractivity contribution in [3.05, 3.63) is 57.6 Å². The van der Waals surface area contributed by atoms with Crippen molar-refractivity contribution < 1.29 is 4.74 Å². The quantitative estimate of drug-likeness (QED) is 0.464. The number of benzene rings is 1. The minimum Gasteiger partial charge on any atom is -0.377 e. The molecule has 3 heterocycles. The second kappa shape index (κ2) is 7.72. The summed E-state index contributed by atoms with van der Waals surface area (Å²) in [6.45, 7) is 3.12. The predicted octanol–water partition coefficient (Wildman–Crippen LogP) is 4.91. The number of rotatable bonds is 6. The highest BCUT2D eigenvalue weighted by molar-refractivity contribution is 7.17. The van der Waals surface area contributed by atoms with E-state index in [1.54, 1.807) is 29.8 Å². The standard InChI is InChI=1S/C20H20N4OS2/c1-13-21-15(11-26-13)9-24(2)19-18-16(14-7-5-4-6-8-14)12-27-20(18)23-17(22-19)10-25-3/h4-8,11-12H,9-10H2,1-3H3. The molecule has 0 unspecified atom stereocenters. The van der Waals surface area contributed by atoms with Crippen LogP contribution in [0.5, 0.6) is 0 Å². The number of thiazole rings is 1. The fourth-order valence-electron chi connectivity index (χ4n) is 3.07. The van der Waals surface area contributed by atoms with Crippen LogP contribution in [-0.4, -0.2) is 29.1 Å². The third-order valence-electron chi connectivity index (χ3n) is 4.25. The zero-order chi connectivity index (χ0) is 18.8. The Bertz CT molecular complexity index is 1060. The number of thiophene rings is 1. The van der Waals surface area contributed by atoms with E-state index in [4.69, 9.17) is 14.7 Å². The molecule has 0 N–H and O–H groups in total. The molecule has 4 aromatic rings. The molecule has 1 aromatic carbocycles. The van der Waals surface area contributed by atoms with Gasteiger partial charge in [0.15, 0.2) is 5.82 Å². The van der Waals surface area contributed by atoms with Gasteiger partial charge in [0.25, 0.3) is 0 Å². The third kappa shape index (κ3) is 3.71. The average Bonchev–Trinajstić information content (AvgIpc) is 3.28. The van der Waals surface area contributed by atoms with Crippen molar-refractivity contribution >= 4 is 38.7 Å². The Morgan fingerprint density at radius 3 is 2.56 bits per heavy atom. The average molecular weight is 397 g/mol. The predicted molar refractivity (Wildman–Crippen MR) is 113 cm³/mol. The molecule has 5 nitrogen and oxygen atoms in total. The van der Waals surface area contributed by atoms with Crippen LogP contribution in [0.25, 0.3) is 21.3 Å². The topological polar surface area (TPSA) is 51.1 Å². The van der Waals surface area contributed by atoms with Crippen molar-refractivity contribution in [2.24, 2.45) is 0 Å². The van der Waals surface area contributed by atoms with Gasteiger partial charge in [-0.25, -0.2) is 15.0 Å². The second-order valence-corrected chi connectivity index (χ2v) is 8.23. The molecule has 0 saturated carbocycles. The first-order valence-corrected chi connectivity index (χ1v) is 10.4. The van der Waals surface area contributed by atoms with Crippen molar-refractivity contribution in [1.29, 1.82) is 0 Å². The lowest BCUT2D eigenvalue weighted by Crippen LogP contribution is -2.19. The first kappa shape index (κ1) is 18.0. The number of hydrogen-bond donors (Lipinski definition) is 0. The zero-order valence-corrected chi connectivity index (χ0v) is 17.1. The van der Waals surface area contributed by atoms with Crippen molar-refractivity contribution in [3.8, 4) is 11.1 Å². The van der Waals surface area contributed by atoms with E-state index in [-0.39, 0.29) is 0 Å². The minimum atomic E-state index is 0.394. The molecule has 0 spiro atoms. The number of aromatic nitrogens is 3. The molecule has 27 heavy (non-hydrogen) atoms. The summed E-state index contributed by atoms with van der Waals surface area (Å²) in [5, 5.41) is 6.43. The molecule has 7 heteroatoms. The maximum absolute atomic E-state index is 5.28. The molecule has 0 fully saturated rings.